The summed E-state index contributed by atoms with van der Waals surface area (Å²) in [4.78, 5) is 0. The Hall–Kier alpha value is -0.670. The summed E-state index contributed by atoms with van der Waals surface area (Å²) < 4.78 is 13.6. The van der Waals surface area contributed by atoms with Crippen LogP contribution >= 0.6 is 15.9 Å². The van der Waals surface area contributed by atoms with Gasteiger partial charge in [0, 0.05) is 0 Å². The molecule has 82 valence electrons. The van der Waals surface area contributed by atoms with Crippen molar-refractivity contribution in [3.8, 4) is 0 Å². The number of aliphatic hydroxyl groups is 1. The number of hydrogen-bond acceptors (Lipinski definition) is 1. The van der Waals surface area contributed by atoms with E-state index in [4.69, 9.17) is 0 Å². The fourth-order valence-corrected chi connectivity index (χ4v) is 1.50. The average molecular weight is 273 g/mol. The summed E-state index contributed by atoms with van der Waals surface area (Å²) in [5.41, 5.74) is 1.55. The smallest absolute Gasteiger partial charge is 0.137 e. The molecule has 0 aliphatic carbocycles. The first kappa shape index (κ1) is 12.4. The summed E-state index contributed by atoms with van der Waals surface area (Å²) in [7, 11) is 0. The molecule has 0 radical (unpaired) electrons. The molecule has 0 bridgehead atoms. The third-order valence-corrected chi connectivity index (χ3v) is 2.95. The van der Waals surface area contributed by atoms with Gasteiger partial charge < -0.3 is 5.11 Å². The summed E-state index contributed by atoms with van der Waals surface area (Å²) in [6.45, 7) is 5.80. The largest absolute Gasteiger partial charge is 0.388 e. The first-order valence-corrected chi connectivity index (χ1v) is 5.63. The number of rotatable bonds is 4. The highest BCUT2D eigenvalue weighted by Crippen LogP contribution is 2.25. The van der Waals surface area contributed by atoms with Crippen molar-refractivity contribution in [3.63, 3.8) is 0 Å². The van der Waals surface area contributed by atoms with Crippen molar-refractivity contribution in [2.75, 3.05) is 0 Å². The van der Waals surface area contributed by atoms with Gasteiger partial charge in [0.1, 0.15) is 5.82 Å². The minimum absolute atomic E-state index is 0.353. The van der Waals surface area contributed by atoms with E-state index in [1.165, 1.54) is 6.07 Å². The lowest BCUT2D eigenvalue weighted by Gasteiger charge is -2.12. The van der Waals surface area contributed by atoms with Crippen LogP contribution in [0.1, 0.15) is 31.4 Å². The van der Waals surface area contributed by atoms with Gasteiger partial charge >= 0.3 is 0 Å². The minimum atomic E-state index is -0.667. The van der Waals surface area contributed by atoms with Crippen molar-refractivity contribution in [2.45, 2.75) is 25.9 Å². The number of aliphatic hydroxyl groups excluding tert-OH is 1. The average Bonchev–Trinajstić information content (AvgIpc) is 2.21. The molecule has 1 N–H and O–H groups in total. The number of benzene rings is 1. The zero-order valence-corrected chi connectivity index (χ0v) is 10.2. The maximum atomic E-state index is 13.2. The predicted molar refractivity (Wildman–Crippen MR) is 63.1 cm³/mol. The van der Waals surface area contributed by atoms with E-state index < -0.39 is 6.10 Å². The second-order valence-corrected chi connectivity index (χ2v) is 4.35. The van der Waals surface area contributed by atoms with Crippen molar-refractivity contribution in [1.29, 1.82) is 0 Å². The van der Waals surface area contributed by atoms with Crippen molar-refractivity contribution in [2.24, 2.45) is 0 Å². The second-order valence-electron chi connectivity index (χ2n) is 3.50. The first-order chi connectivity index (χ1) is 7.04. The minimum Gasteiger partial charge on any atom is -0.388 e. The highest BCUT2D eigenvalue weighted by Gasteiger charge is 2.10. The summed E-state index contributed by atoms with van der Waals surface area (Å²) in [6.07, 6.45) is 0.647. The molecule has 3 heteroatoms. The second kappa shape index (κ2) is 5.42. The molecule has 0 aliphatic rings. The normalized spacial score (nSPS) is 12.5. The quantitative estimate of drug-likeness (QED) is 0.823. The molecule has 0 aromatic heterocycles. The van der Waals surface area contributed by atoms with Crippen LogP contribution in [0.2, 0.25) is 0 Å². The van der Waals surface area contributed by atoms with Gasteiger partial charge in [-0.05, 0) is 46.5 Å². The van der Waals surface area contributed by atoms with Crippen molar-refractivity contribution >= 4 is 15.9 Å². The van der Waals surface area contributed by atoms with Crippen LogP contribution in [-0.4, -0.2) is 5.11 Å². The van der Waals surface area contributed by atoms with Gasteiger partial charge in [-0.2, -0.15) is 0 Å². The van der Waals surface area contributed by atoms with Crippen LogP contribution in [0, 0.1) is 5.82 Å². The Labute approximate surface area is 97.8 Å². The Morgan fingerprint density at radius 1 is 1.60 bits per heavy atom. The van der Waals surface area contributed by atoms with Crippen molar-refractivity contribution < 1.29 is 9.50 Å². The lowest BCUT2D eigenvalue weighted by atomic mass is 10.0. The predicted octanol–water partition coefficient (Wildman–Crippen LogP) is 3.98. The molecule has 1 aromatic carbocycles. The van der Waals surface area contributed by atoms with E-state index in [1.807, 2.05) is 6.92 Å². The Balaban J connectivity index is 2.78. The summed E-state index contributed by atoms with van der Waals surface area (Å²) in [5, 5.41) is 9.79. The van der Waals surface area contributed by atoms with E-state index in [0.29, 0.717) is 16.5 Å². The van der Waals surface area contributed by atoms with Gasteiger partial charge in [0.2, 0.25) is 0 Å². The molecule has 15 heavy (non-hydrogen) atoms. The Morgan fingerprint density at radius 3 is 2.80 bits per heavy atom. The summed E-state index contributed by atoms with van der Waals surface area (Å²) in [5.74, 6) is -0.353. The van der Waals surface area contributed by atoms with Crippen LogP contribution in [0.4, 0.5) is 4.39 Å². The van der Waals surface area contributed by atoms with Crippen LogP contribution in [0.5, 0.6) is 0 Å². The van der Waals surface area contributed by atoms with E-state index in [9.17, 15) is 9.50 Å². The molecular formula is C12H14BrFO. The highest BCUT2D eigenvalue weighted by molar-refractivity contribution is 9.10. The van der Waals surface area contributed by atoms with Gasteiger partial charge in [-0.15, -0.1) is 0 Å². The Morgan fingerprint density at radius 2 is 2.27 bits per heavy atom. The van der Waals surface area contributed by atoms with Gasteiger partial charge in [-0.3, -0.25) is 0 Å². The van der Waals surface area contributed by atoms with Crippen LogP contribution in [0.25, 0.3) is 0 Å². The summed E-state index contributed by atoms with van der Waals surface area (Å²) >= 11 is 3.07. The summed E-state index contributed by atoms with van der Waals surface area (Å²) in [6, 6.07) is 4.65. The molecule has 0 saturated carbocycles. The molecule has 0 spiro atoms. The molecular weight excluding hydrogens is 259 g/mol. The highest BCUT2D eigenvalue weighted by atomic mass is 79.9. The molecule has 1 atom stereocenters. The van der Waals surface area contributed by atoms with Crippen LogP contribution < -0.4 is 0 Å². The third-order valence-electron chi connectivity index (χ3n) is 2.31. The molecule has 1 aromatic rings. The fraction of sp³-hybridized carbons (Fsp3) is 0.333. The van der Waals surface area contributed by atoms with Gasteiger partial charge in [-0.1, -0.05) is 25.1 Å². The maximum absolute atomic E-state index is 13.2. The molecule has 1 unspecified atom stereocenters. The van der Waals surface area contributed by atoms with Crippen molar-refractivity contribution in [1.82, 2.24) is 0 Å². The van der Waals surface area contributed by atoms with E-state index in [-0.39, 0.29) is 5.82 Å². The topological polar surface area (TPSA) is 20.2 Å². The van der Waals surface area contributed by atoms with Crippen LogP contribution in [0.3, 0.4) is 0 Å². The van der Waals surface area contributed by atoms with Gasteiger partial charge in [0.05, 0.1) is 10.6 Å². The monoisotopic (exact) mass is 272 g/mol. The van der Waals surface area contributed by atoms with Crippen LogP contribution in [0.15, 0.2) is 34.8 Å². The molecule has 1 rings (SSSR count). The van der Waals surface area contributed by atoms with E-state index >= 15 is 0 Å². The molecule has 0 aliphatic heterocycles. The lowest BCUT2D eigenvalue weighted by Crippen LogP contribution is -1.99. The standard InChI is InChI=1S/C12H14BrFO/c1-3-8(2)6-12(15)9-4-5-10(13)11(14)7-9/h4-5,7,12,15H,2-3,6H2,1H3. The number of halogens is 2. The van der Waals surface area contributed by atoms with E-state index in [1.54, 1.807) is 12.1 Å². The van der Waals surface area contributed by atoms with E-state index in [2.05, 4.69) is 22.5 Å². The molecule has 0 heterocycles. The zero-order valence-electron chi connectivity index (χ0n) is 8.63. The van der Waals surface area contributed by atoms with Gasteiger partial charge in [0.15, 0.2) is 0 Å². The molecule has 1 nitrogen and oxygen atoms in total. The van der Waals surface area contributed by atoms with E-state index in [0.717, 1.165) is 12.0 Å². The fourth-order valence-electron chi connectivity index (χ4n) is 1.26. The maximum Gasteiger partial charge on any atom is 0.137 e. The zero-order chi connectivity index (χ0) is 11.4. The van der Waals surface area contributed by atoms with Crippen LogP contribution in [-0.2, 0) is 0 Å². The number of hydrogen-bond donors (Lipinski definition) is 1. The Kier molecular flexibility index (Phi) is 4.48. The first-order valence-electron chi connectivity index (χ1n) is 4.84. The van der Waals surface area contributed by atoms with Crippen molar-refractivity contribution in [3.05, 3.63) is 46.2 Å². The SMILES string of the molecule is C=C(CC)CC(O)c1ccc(Br)c(F)c1. The third kappa shape index (κ3) is 3.43. The van der Waals surface area contributed by atoms with Gasteiger partial charge in [0.25, 0.3) is 0 Å². The molecule has 0 amide bonds. The molecule has 0 saturated heterocycles. The lowest BCUT2D eigenvalue weighted by molar-refractivity contribution is 0.177. The molecule has 0 fully saturated rings. The Bertz CT molecular complexity index is 363. The van der Waals surface area contributed by atoms with Gasteiger partial charge in [-0.25, -0.2) is 4.39 Å².